The zero-order valence-electron chi connectivity index (χ0n) is 10.0. The summed E-state index contributed by atoms with van der Waals surface area (Å²) >= 11 is 0. The van der Waals surface area contributed by atoms with Crippen molar-refractivity contribution in [1.29, 1.82) is 5.26 Å². The molecule has 1 aliphatic rings. The van der Waals surface area contributed by atoms with Gasteiger partial charge in [0.1, 0.15) is 11.8 Å². The van der Waals surface area contributed by atoms with Gasteiger partial charge in [-0.2, -0.15) is 5.26 Å². The van der Waals surface area contributed by atoms with Crippen molar-refractivity contribution < 1.29 is 0 Å². The first-order valence-corrected chi connectivity index (χ1v) is 5.92. The molecule has 0 spiro atoms. The van der Waals surface area contributed by atoms with Crippen LogP contribution in [0, 0.1) is 17.2 Å². The van der Waals surface area contributed by atoms with Crippen molar-refractivity contribution in [3.05, 3.63) is 18.0 Å². The van der Waals surface area contributed by atoms with E-state index in [0.29, 0.717) is 30.1 Å². The highest BCUT2D eigenvalue weighted by Crippen LogP contribution is 2.30. The van der Waals surface area contributed by atoms with Crippen molar-refractivity contribution in [2.24, 2.45) is 11.7 Å². The molecular formula is C12H17N5. The third-order valence-corrected chi connectivity index (χ3v) is 3.49. The van der Waals surface area contributed by atoms with Gasteiger partial charge in [-0.15, -0.1) is 0 Å². The summed E-state index contributed by atoms with van der Waals surface area (Å²) < 4.78 is 0. The number of hydrogen-bond donors (Lipinski definition) is 1. The predicted molar refractivity (Wildman–Crippen MR) is 65.3 cm³/mol. The molecule has 1 fully saturated rings. The molecule has 1 heterocycles. The largest absolute Gasteiger partial charge is 0.341 e. The van der Waals surface area contributed by atoms with Crippen LogP contribution >= 0.6 is 0 Å². The summed E-state index contributed by atoms with van der Waals surface area (Å²) in [5.41, 5.74) is 6.18. The van der Waals surface area contributed by atoms with Gasteiger partial charge in [-0.3, -0.25) is 0 Å². The number of nitrogens with zero attached hydrogens (tertiary/aromatic N) is 4. The molecular weight excluding hydrogens is 214 g/mol. The maximum Gasteiger partial charge on any atom is 0.226 e. The van der Waals surface area contributed by atoms with Gasteiger partial charge >= 0.3 is 0 Å². The topological polar surface area (TPSA) is 78.8 Å². The normalized spacial score (nSPS) is 23.4. The first kappa shape index (κ1) is 11.8. The molecule has 0 aromatic carbocycles. The number of aromatic nitrogens is 2. The second-order valence-electron chi connectivity index (χ2n) is 4.46. The number of anilines is 1. The number of rotatable bonds is 3. The Morgan fingerprint density at radius 2 is 2.41 bits per heavy atom. The van der Waals surface area contributed by atoms with Crippen molar-refractivity contribution >= 4 is 5.95 Å². The van der Waals surface area contributed by atoms with Crippen LogP contribution in [0.1, 0.15) is 25.0 Å². The fourth-order valence-corrected chi connectivity index (χ4v) is 2.53. The minimum absolute atomic E-state index is 0.397. The lowest BCUT2D eigenvalue weighted by molar-refractivity contribution is 0.469. The van der Waals surface area contributed by atoms with Gasteiger partial charge in [0, 0.05) is 19.3 Å². The summed E-state index contributed by atoms with van der Waals surface area (Å²) in [6.45, 7) is 0.701. The van der Waals surface area contributed by atoms with E-state index in [1.165, 1.54) is 12.8 Å². The second kappa shape index (κ2) is 5.11. The monoisotopic (exact) mass is 231 g/mol. The van der Waals surface area contributed by atoms with Crippen LogP contribution < -0.4 is 10.6 Å². The average molecular weight is 231 g/mol. The highest BCUT2D eigenvalue weighted by Gasteiger charge is 2.30. The Labute approximate surface area is 101 Å². The molecule has 1 aromatic heterocycles. The maximum absolute atomic E-state index is 8.83. The second-order valence-corrected chi connectivity index (χ2v) is 4.46. The first-order chi connectivity index (χ1) is 8.26. The van der Waals surface area contributed by atoms with Crippen LogP contribution in [0.25, 0.3) is 0 Å². The van der Waals surface area contributed by atoms with Crippen LogP contribution in [0.3, 0.4) is 0 Å². The minimum Gasteiger partial charge on any atom is -0.341 e. The van der Waals surface area contributed by atoms with Gasteiger partial charge in [0.25, 0.3) is 0 Å². The highest BCUT2D eigenvalue weighted by atomic mass is 15.3. The van der Waals surface area contributed by atoms with E-state index in [1.54, 1.807) is 12.3 Å². The summed E-state index contributed by atoms with van der Waals surface area (Å²) in [6.07, 6.45) is 5.13. The summed E-state index contributed by atoms with van der Waals surface area (Å²) in [4.78, 5) is 10.5. The van der Waals surface area contributed by atoms with Crippen LogP contribution in [-0.4, -0.2) is 29.6 Å². The molecule has 90 valence electrons. The molecule has 2 atom stereocenters. The Morgan fingerprint density at radius 1 is 1.59 bits per heavy atom. The Hall–Kier alpha value is -1.67. The third kappa shape index (κ3) is 2.37. The van der Waals surface area contributed by atoms with E-state index in [1.807, 2.05) is 13.1 Å². The standard InChI is InChI=1S/C12H17N5/c1-17(11-4-2-3-9(11)7-13)12-15-6-5-10(8-14)16-12/h5-6,9,11H,2-4,7,13H2,1H3. The van der Waals surface area contributed by atoms with Crippen LogP contribution in [-0.2, 0) is 0 Å². The van der Waals surface area contributed by atoms with Crippen molar-refractivity contribution in [1.82, 2.24) is 9.97 Å². The molecule has 1 aliphatic carbocycles. The molecule has 0 amide bonds. The number of nitriles is 1. The summed E-state index contributed by atoms with van der Waals surface area (Å²) in [5, 5.41) is 8.83. The van der Waals surface area contributed by atoms with Gasteiger partial charge in [-0.25, -0.2) is 9.97 Å². The Bertz CT molecular complexity index is 425. The summed E-state index contributed by atoms with van der Waals surface area (Å²) in [7, 11) is 1.98. The maximum atomic E-state index is 8.83. The molecule has 17 heavy (non-hydrogen) atoms. The van der Waals surface area contributed by atoms with E-state index < -0.39 is 0 Å². The molecule has 5 nitrogen and oxygen atoms in total. The van der Waals surface area contributed by atoms with Crippen molar-refractivity contribution in [2.45, 2.75) is 25.3 Å². The molecule has 0 bridgehead atoms. The van der Waals surface area contributed by atoms with E-state index in [9.17, 15) is 0 Å². The lowest BCUT2D eigenvalue weighted by Crippen LogP contribution is -2.38. The van der Waals surface area contributed by atoms with Crippen molar-refractivity contribution in [3.63, 3.8) is 0 Å². The highest BCUT2D eigenvalue weighted by molar-refractivity contribution is 5.34. The Balaban J connectivity index is 2.18. The Kier molecular flexibility index (Phi) is 3.55. The van der Waals surface area contributed by atoms with Crippen LogP contribution in [0.2, 0.25) is 0 Å². The lowest BCUT2D eigenvalue weighted by atomic mass is 10.0. The first-order valence-electron chi connectivity index (χ1n) is 5.92. The van der Waals surface area contributed by atoms with Gasteiger partial charge in [0.2, 0.25) is 5.95 Å². The summed E-state index contributed by atoms with van der Waals surface area (Å²) in [5.74, 6) is 1.13. The van der Waals surface area contributed by atoms with Gasteiger partial charge in [0.15, 0.2) is 0 Å². The van der Waals surface area contributed by atoms with E-state index >= 15 is 0 Å². The van der Waals surface area contributed by atoms with E-state index in [-0.39, 0.29) is 0 Å². The molecule has 2 N–H and O–H groups in total. The smallest absolute Gasteiger partial charge is 0.226 e. The van der Waals surface area contributed by atoms with Gasteiger partial charge in [0.05, 0.1) is 0 Å². The average Bonchev–Trinajstić information content (AvgIpc) is 2.86. The molecule has 1 aromatic rings. The Morgan fingerprint density at radius 3 is 3.12 bits per heavy atom. The molecule has 0 radical (unpaired) electrons. The van der Waals surface area contributed by atoms with Gasteiger partial charge < -0.3 is 10.6 Å². The molecule has 0 aliphatic heterocycles. The van der Waals surface area contributed by atoms with Crippen LogP contribution in [0.4, 0.5) is 5.95 Å². The van der Waals surface area contributed by atoms with E-state index in [0.717, 1.165) is 6.42 Å². The fraction of sp³-hybridized carbons (Fsp3) is 0.583. The number of nitrogens with two attached hydrogens (primary N) is 1. The summed E-state index contributed by atoms with van der Waals surface area (Å²) in [6, 6.07) is 4.05. The predicted octanol–water partition coefficient (Wildman–Crippen LogP) is 0.912. The number of hydrogen-bond acceptors (Lipinski definition) is 5. The zero-order valence-corrected chi connectivity index (χ0v) is 10.0. The lowest BCUT2D eigenvalue weighted by Gasteiger charge is -2.29. The van der Waals surface area contributed by atoms with E-state index in [2.05, 4.69) is 14.9 Å². The molecule has 2 rings (SSSR count). The van der Waals surface area contributed by atoms with Crippen LogP contribution in [0.5, 0.6) is 0 Å². The zero-order chi connectivity index (χ0) is 12.3. The van der Waals surface area contributed by atoms with Gasteiger partial charge in [-0.05, 0) is 31.4 Å². The fourth-order valence-electron chi connectivity index (χ4n) is 2.53. The van der Waals surface area contributed by atoms with E-state index in [4.69, 9.17) is 11.0 Å². The van der Waals surface area contributed by atoms with Crippen LogP contribution in [0.15, 0.2) is 12.3 Å². The van der Waals surface area contributed by atoms with Crippen molar-refractivity contribution in [2.75, 3.05) is 18.5 Å². The molecule has 0 saturated heterocycles. The molecule has 5 heteroatoms. The van der Waals surface area contributed by atoms with Gasteiger partial charge in [-0.1, -0.05) is 6.42 Å². The quantitative estimate of drug-likeness (QED) is 0.836. The van der Waals surface area contributed by atoms with Crippen molar-refractivity contribution in [3.8, 4) is 6.07 Å². The SMILES string of the molecule is CN(c1nccc(C#N)n1)C1CCCC1CN. The molecule has 1 saturated carbocycles. The molecule has 2 unspecified atom stereocenters. The minimum atomic E-state index is 0.397. The third-order valence-electron chi connectivity index (χ3n) is 3.49.